The molecule has 3 N–H and O–H groups in total. The Balaban J connectivity index is 2.38. The van der Waals surface area contributed by atoms with Crippen LogP contribution in [0.3, 0.4) is 0 Å². The number of nitrogens with zero attached hydrogens (tertiary/aromatic N) is 2. The Morgan fingerprint density at radius 1 is 1.43 bits per heavy atom. The lowest BCUT2D eigenvalue weighted by Crippen LogP contribution is -2.30. The molecule has 0 spiro atoms. The molecule has 2 rings (SSSR count). The largest absolute Gasteiger partial charge is 0.496 e. The molecule has 0 bridgehead atoms. The summed E-state index contributed by atoms with van der Waals surface area (Å²) in [5.41, 5.74) is 6.57. The van der Waals surface area contributed by atoms with Crippen molar-refractivity contribution < 1.29 is 9.13 Å². The Morgan fingerprint density at radius 3 is 2.67 bits per heavy atom. The zero-order chi connectivity index (χ0) is 15.6. The average molecular weight is 292 g/mol. The smallest absolute Gasteiger partial charge is 0.123 e. The number of hydrogen-bond acceptors (Lipinski definition) is 4. The van der Waals surface area contributed by atoms with E-state index in [-0.39, 0.29) is 11.9 Å². The minimum absolute atomic E-state index is 0.253. The predicted molar refractivity (Wildman–Crippen MR) is 79.4 cm³/mol. The lowest BCUT2D eigenvalue weighted by Gasteiger charge is -2.19. The van der Waals surface area contributed by atoms with Gasteiger partial charge in [-0.2, -0.15) is 5.10 Å². The van der Waals surface area contributed by atoms with Crippen LogP contribution in [0.15, 0.2) is 18.2 Å². The van der Waals surface area contributed by atoms with E-state index in [9.17, 15) is 4.39 Å². The second-order valence-electron chi connectivity index (χ2n) is 5.08. The fourth-order valence-corrected chi connectivity index (χ4v) is 2.55. The summed E-state index contributed by atoms with van der Waals surface area (Å²) >= 11 is 0. The third kappa shape index (κ3) is 3.06. The van der Waals surface area contributed by atoms with Crippen molar-refractivity contribution in [2.24, 2.45) is 12.9 Å². The predicted octanol–water partition coefficient (Wildman–Crippen LogP) is 1.93. The number of halogens is 1. The van der Waals surface area contributed by atoms with Crippen molar-refractivity contribution in [3.63, 3.8) is 0 Å². The van der Waals surface area contributed by atoms with Crippen LogP contribution < -0.4 is 16.0 Å². The summed E-state index contributed by atoms with van der Waals surface area (Å²) in [5.74, 6) is 5.97. The molecule has 0 saturated carbocycles. The quantitative estimate of drug-likeness (QED) is 0.653. The first-order valence-corrected chi connectivity index (χ1v) is 6.76. The molecule has 0 saturated heterocycles. The summed E-state index contributed by atoms with van der Waals surface area (Å²) in [6, 6.07) is 4.18. The van der Waals surface area contributed by atoms with E-state index >= 15 is 0 Å². The Morgan fingerprint density at radius 2 is 2.14 bits per heavy atom. The van der Waals surface area contributed by atoms with Crippen LogP contribution in [0.1, 0.15) is 28.6 Å². The third-order valence-electron chi connectivity index (χ3n) is 3.84. The van der Waals surface area contributed by atoms with Crippen molar-refractivity contribution in [3.05, 3.63) is 46.5 Å². The lowest BCUT2D eigenvalue weighted by atomic mass is 9.97. The minimum atomic E-state index is -0.314. The van der Waals surface area contributed by atoms with Gasteiger partial charge < -0.3 is 4.74 Å². The van der Waals surface area contributed by atoms with Crippen LogP contribution in [-0.2, 0) is 13.5 Å². The van der Waals surface area contributed by atoms with E-state index in [4.69, 9.17) is 10.6 Å². The number of nitrogens with two attached hydrogens (primary N) is 1. The van der Waals surface area contributed by atoms with E-state index in [1.54, 1.807) is 13.2 Å². The number of hydrazine groups is 1. The molecule has 6 heteroatoms. The molecule has 0 aliphatic carbocycles. The fourth-order valence-electron chi connectivity index (χ4n) is 2.55. The highest BCUT2D eigenvalue weighted by molar-refractivity contribution is 5.38. The van der Waals surface area contributed by atoms with Gasteiger partial charge in [0, 0.05) is 18.3 Å². The number of hydrogen-bond donors (Lipinski definition) is 2. The first kappa shape index (κ1) is 15.5. The van der Waals surface area contributed by atoms with Gasteiger partial charge in [-0.05, 0) is 44.0 Å². The van der Waals surface area contributed by atoms with Gasteiger partial charge in [-0.1, -0.05) is 0 Å². The second-order valence-corrected chi connectivity index (χ2v) is 5.08. The second kappa shape index (κ2) is 6.24. The van der Waals surface area contributed by atoms with Crippen LogP contribution in [0.4, 0.5) is 4.39 Å². The highest BCUT2D eigenvalue weighted by Crippen LogP contribution is 2.29. The zero-order valence-electron chi connectivity index (χ0n) is 12.8. The highest BCUT2D eigenvalue weighted by atomic mass is 19.1. The summed E-state index contributed by atoms with van der Waals surface area (Å²) in [5, 5.41) is 4.39. The van der Waals surface area contributed by atoms with E-state index < -0.39 is 0 Å². The summed E-state index contributed by atoms with van der Waals surface area (Å²) in [7, 11) is 3.46. The molecule has 0 amide bonds. The number of rotatable bonds is 5. The molecular formula is C15H21FN4O. The van der Waals surface area contributed by atoms with Gasteiger partial charge in [0.2, 0.25) is 0 Å². The van der Waals surface area contributed by atoms with Crippen LogP contribution in [0.5, 0.6) is 5.75 Å². The summed E-state index contributed by atoms with van der Waals surface area (Å²) in [6.07, 6.45) is 0.613. The number of aromatic nitrogens is 2. The monoisotopic (exact) mass is 292 g/mol. The first-order chi connectivity index (χ1) is 9.97. The Bertz CT molecular complexity index is 639. The van der Waals surface area contributed by atoms with Crippen molar-refractivity contribution in [1.29, 1.82) is 0 Å². The summed E-state index contributed by atoms with van der Waals surface area (Å²) in [4.78, 5) is 0. The maximum atomic E-state index is 13.5. The molecule has 0 radical (unpaired) electrons. The molecule has 114 valence electrons. The number of methoxy groups -OCH3 is 1. The van der Waals surface area contributed by atoms with Gasteiger partial charge in [0.05, 0.1) is 18.8 Å². The van der Waals surface area contributed by atoms with Crippen molar-refractivity contribution in [2.75, 3.05) is 7.11 Å². The average Bonchev–Trinajstić information content (AvgIpc) is 2.70. The summed E-state index contributed by atoms with van der Waals surface area (Å²) < 4.78 is 20.7. The maximum absolute atomic E-state index is 13.5. The van der Waals surface area contributed by atoms with Gasteiger partial charge in [-0.15, -0.1) is 0 Å². The molecule has 1 heterocycles. The van der Waals surface area contributed by atoms with Crippen molar-refractivity contribution in [2.45, 2.75) is 26.3 Å². The fraction of sp³-hybridized carbons (Fsp3) is 0.400. The Labute approximate surface area is 123 Å². The van der Waals surface area contributed by atoms with Crippen molar-refractivity contribution in [1.82, 2.24) is 15.2 Å². The van der Waals surface area contributed by atoms with E-state index in [0.29, 0.717) is 17.7 Å². The molecule has 1 aromatic heterocycles. The van der Waals surface area contributed by atoms with E-state index in [1.807, 2.05) is 25.6 Å². The molecule has 1 atom stereocenters. The van der Waals surface area contributed by atoms with E-state index in [0.717, 1.165) is 17.0 Å². The van der Waals surface area contributed by atoms with Gasteiger partial charge >= 0.3 is 0 Å². The van der Waals surface area contributed by atoms with Crippen LogP contribution in [0.25, 0.3) is 0 Å². The van der Waals surface area contributed by atoms with Crippen molar-refractivity contribution in [3.8, 4) is 5.75 Å². The SMILES string of the molecule is COc1ccc(F)cc1C(Cc1c(C)nn(C)c1C)NN. The van der Waals surface area contributed by atoms with Crippen molar-refractivity contribution >= 4 is 0 Å². The van der Waals surface area contributed by atoms with E-state index in [1.165, 1.54) is 12.1 Å². The van der Waals surface area contributed by atoms with E-state index in [2.05, 4.69) is 10.5 Å². The standard InChI is InChI=1S/C15H21FN4O/c1-9-12(10(2)20(3)19-9)8-14(18-17)13-7-11(16)5-6-15(13)21-4/h5-7,14,18H,8,17H2,1-4H3. The Hall–Kier alpha value is -1.92. The van der Waals surface area contributed by atoms with Crippen LogP contribution in [0, 0.1) is 19.7 Å². The molecule has 21 heavy (non-hydrogen) atoms. The molecule has 0 aliphatic heterocycles. The van der Waals surface area contributed by atoms with Gasteiger partial charge in [0.25, 0.3) is 0 Å². The lowest BCUT2D eigenvalue weighted by molar-refractivity contribution is 0.397. The third-order valence-corrected chi connectivity index (χ3v) is 3.84. The number of ether oxygens (including phenoxy) is 1. The van der Waals surface area contributed by atoms with Gasteiger partial charge in [-0.25, -0.2) is 4.39 Å². The first-order valence-electron chi connectivity index (χ1n) is 6.76. The van der Waals surface area contributed by atoms with Crippen LogP contribution in [0.2, 0.25) is 0 Å². The number of aryl methyl sites for hydroxylation is 2. The van der Waals surface area contributed by atoms with Crippen LogP contribution in [-0.4, -0.2) is 16.9 Å². The van der Waals surface area contributed by atoms with Gasteiger partial charge in [-0.3, -0.25) is 16.0 Å². The van der Waals surface area contributed by atoms with Gasteiger partial charge in [0.15, 0.2) is 0 Å². The maximum Gasteiger partial charge on any atom is 0.123 e. The minimum Gasteiger partial charge on any atom is -0.496 e. The van der Waals surface area contributed by atoms with Crippen LogP contribution >= 0.6 is 0 Å². The highest BCUT2D eigenvalue weighted by Gasteiger charge is 2.20. The molecule has 2 aromatic rings. The number of nitrogens with one attached hydrogen (secondary N) is 1. The molecule has 1 aromatic carbocycles. The molecule has 1 unspecified atom stereocenters. The zero-order valence-corrected chi connectivity index (χ0v) is 12.8. The normalized spacial score (nSPS) is 12.5. The number of benzene rings is 1. The topological polar surface area (TPSA) is 65.1 Å². The molecule has 0 fully saturated rings. The summed E-state index contributed by atoms with van der Waals surface area (Å²) in [6.45, 7) is 3.96. The Kier molecular flexibility index (Phi) is 4.59. The molecule has 0 aliphatic rings. The molecular weight excluding hydrogens is 271 g/mol. The van der Waals surface area contributed by atoms with Gasteiger partial charge in [0.1, 0.15) is 11.6 Å². The molecule has 5 nitrogen and oxygen atoms in total.